The molecule has 118 valence electrons. The summed E-state index contributed by atoms with van der Waals surface area (Å²) in [5.41, 5.74) is 3.70. The summed E-state index contributed by atoms with van der Waals surface area (Å²) in [6.45, 7) is 1.36. The molecule has 0 aromatic heterocycles. The zero-order chi connectivity index (χ0) is 16.4. The summed E-state index contributed by atoms with van der Waals surface area (Å²) in [5.74, 6) is -0.376. The molecule has 3 rings (SSSR count). The lowest BCUT2D eigenvalue weighted by Gasteiger charge is -2.11. The molecule has 0 radical (unpaired) electrons. The number of benzene rings is 2. The molecule has 6 heteroatoms. The second-order valence-corrected chi connectivity index (χ2v) is 5.11. The second-order valence-electron chi connectivity index (χ2n) is 5.11. The lowest BCUT2D eigenvalue weighted by atomic mass is 10.00. The van der Waals surface area contributed by atoms with Crippen LogP contribution in [-0.2, 0) is 16.2 Å². The molecule has 0 fully saturated rings. The number of nitrogens with one attached hydrogen (secondary N) is 1. The van der Waals surface area contributed by atoms with Crippen LogP contribution in [0.1, 0.15) is 22.8 Å². The minimum absolute atomic E-state index is 0.0508. The van der Waals surface area contributed by atoms with Crippen LogP contribution in [0.15, 0.2) is 42.1 Å². The molecule has 2 N–H and O–H groups in total. The summed E-state index contributed by atoms with van der Waals surface area (Å²) < 4.78 is 5.70. The number of ether oxygens (including phenoxy) is 1. The number of carbonyl (C=O) groups excluding carboxylic acids is 2. The van der Waals surface area contributed by atoms with Crippen LogP contribution in [0.3, 0.4) is 0 Å². The minimum Gasteiger partial charge on any atom is -0.488 e. The molecule has 2 aromatic carbocycles. The van der Waals surface area contributed by atoms with E-state index in [1.165, 1.54) is 13.0 Å². The first kappa shape index (κ1) is 15.1. The third kappa shape index (κ3) is 2.89. The summed E-state index contributed by atoms with van der Waals surface area (Å²) in [7, 11) is 0. The van der Waals surface area contributed by atoms with Crippen LogP contribution in [0, 0.1) is 0 Å². The third-order valence-corrected chi connectivity index (χ3v) is 3.53. The van der Waals surface area contributed by atoms with Crippen molar-refractivity contribution in [3.63, 3.8) is 0 Å². The fourth-order valence-corrected chi connectivity index (χ4v) is 2.44. The third-order valence-electron chi connectivity index (χ3n) is 3.53. The maximum Gasteiger partial charge on any atom is 0.329 e. The van der Waals surface area contributed by atoms with Crippen molar-refractivity contribution in [1.29, 1.82) is 0 Å². The monoisotopic (exact) mass is 313 g/mol. The van der Waals surface area contributed by atoms with Crippen molar-refractivity contribution < 1.29 is 24.3 Å². The number of hydroxylamine groups is 1. The standard InChI is InChI=1S/C17H15NO5/c1-10(20)23-18-15-6-7-22-17-13-4-2-11(9-19)8-12(13)3-5-14(17)16(15)21/h2-6,8,18-19H,7,9H2,1H3. The maximum atomic E-state index is 12.6. The first-order chi connectivity index (χ1) is 11.1. The van der Waals surface area contributed by atoms with Gasteiger partial charge in [-0.05, 0) is 29.2 Å². The minimum atomic E-state index is -0.542. The zero-order valence-electron chi connectivity index (χ0n) is 12.5. The van der Waals surface area contributed by atoms with Crippen molar-refractivity contribution in [3.05, 3.63) is 53.2 Å². The molecule has 1 heterocycles. The van der Waals surface area contributed by atoms with Crippen LogP contribution in [0.2, 0.25) is 0 Å². The van der Waals surface area contributed by atoms with E-state index in [-0.39, 0.29) is 24.7 Å². The van der Waals surface area contributed by atoms with E-state index in [9.17, 15) is 14.7 Å². The molecule has 0 saturated heterocycles. The van der Waals surface area contributed by atoms with Crippen LogP contribution in [0.25, 0.3) is 10.8 Å². The molecule has 2 aromatic rings. The van der Waals surface area contributed by atoms with Crippen molar-refractivity contribution in [2.75, 3.05) is 6.61 Å². The number of carbonyl (C=O) groups is 2. The highest BCUT2D eigenvalue weighted by atomic mass is 16.7. The average Bonchev–Trinajstić information content (AvgIpc) is 2.71. The molecule has 23 heavy (non-hydrogen) atoms. The van der Waals surface area contributed by atoms with Crippen molar-refractivity contribution in [2.24, 2.45) is 0 Å². The Morgan fingerprint density at radius 2 is 2.17 bits per heavy atom. The van der Waals surface area contributed by atoms with Crippen LogP contribution in [0.4, 0.5) is 0 Å². The average molecular weight is 313 g/mol. The number of allylic oxidation sites excluding steroid dienone is 1. The lowest BCUT2D eigenvalue weighted by molar-refractivity contribution is -0.146. The van der Waals surface area contributed by atoms with Crippen molar-refractivity contribution in [1.82, 2.24) is 5.48 Å². The van der Waals surface area contributed by atoms with E-state index < -0.39 is 5.97 Å². The van der Waals surface area contributed by atoms with E-state index in [4.69, 9.17) is 4.74 Å². The summed E-state index contributed by atoms with van der Waals surface area (Å²) in [4.78, 5) is 28.1. The summed E-state index contributed by atoms with van der Waals surface area (Å²) in [5, 5.41) is 10.9. The molecule has 0 atom stereocenters. The Balaban J connectivity index is 2.02. The molecular weight excluding hydrogens is 298 g/mol. The smallest absolute Gasteiger partial charge is 0.329 e. The highest BCUT2D eigenvalue weighted by molar-refractivity contribution is 6.13. The van der Waals surface area contributed by atoms with Crippen molar-refractivity contribution in [3.8, 4) is 5.75 Å². The normalized spacial score (nSPS) is 13.7. The van der Waals surface area contributed by atoms with Crippen LogP contribution in [0.5, 0.6) is 5.75 Å². The first-order valence-corrected chi connectivity index (χ1v) is 7.07. The Hall–Kier alpha value is -2.86. The molecule has 0 spiro atoms. The van der Waals surface area contributed by atoms with E-state index >= 15 is 0 Å². The van der Waals surface area contributed by atoms with Gasteiger partial charge in [-0.3, -0.25) is 9.59 Å². The molecule has 0 saturated carbocycles. The Bertz CT molecular complexity index is 825. The van der Waals surface area contributed by atoms with Gasteiger partial charge < -0.3 is 14.7 Å². The Labute approximate surface area is 132 Å². The van der Waals surface area contributed by atoms with E-state index in [0.29, 0.717) is 11.3 Å². The molecule has 0 aliphatic carbocycles. The molecule has 1 aliphatic rings. The number of hydrogen-bond acceptors (Lipinski definition) is 6. The number of rotatable bonds is 3. The molecular formula is C17H15NO5. The van der Waals surface area contributed by atoms with Gasteiger partial charge in [0.1, 0.15) is 18.1 Å². The van der Waals surface area contributed by atoms with Gasteiger partial charge in [0.15, 0.2) is 0 Å². The molecule has 0 amide bonds. The second kappa shape index (κ2) is 6.10. The Morgan fingerprint density at radius 1 is 1.35 bits per heavy atom. The molecule has 6 nitrogen and oxygen atoms in total. The highest BCUT2D eigenvalue weighted by Crippen LogP contribution is 2.33. The predicted molar refractivity (Wildman–Crippen MR) is 82.7 cm³/mol. The van der Waals surface area contributed by atoms with Gasteiger partial charge in [-0.1, -0.05) is 18.2 Å². The van der Waals surface area contributed by atoms with Crippen LogP contribution < -0.4 is 10.2 Å². The van der Waals surface area contributed by atoms with Gasteiger partial charge in [0, 0.05) is 12.3 Å². The first-order valence-electron chi connectivity index (χ1n) is 7.07. The van der Waals surface area contributed by atoms with Gasteiger partial charge in [0.25, 0.3) is 0 Å². The summed E-state index contributed by atoms with van der Waals surface area (Å²) in [6, 6.07) is 8.91. The maximum absolute atomic E-state index is 12.6. The van der Waals surface area contributed by atoms with Gasteiger partial charge in [0.05, 0.1) is 12.2 Å². The molecule has 0 bridgehead atoms. The Kier molecular flexibility index (Phi) is 3.99. The SMILES string of the molecule is CC(=O)ONC1=CCOc2c(ccc3cc(CO)ccc23)C1=O. The topological polar surface area (TPSA) is 84.9 Å². The van der Waals surface area contributed by atoms with Gasteiger partial charge >= 0.3 is 5.97 Å². The van der Waals surface area contributed by atoms with Gasteiger partial charge in [-0.25, -0.2) is 5.48 Å². The highest BCUT2D eigenvalue weighted by Gasteiger charge is 2.23. The Morgan fingerprint density at radius 3 is 2.91 bits per heavy atom. The van der Waals surface area contributed by atoms with Crippen LogP contribution in [-0.4, -0.2) is 23.5 Å². The fraction of sp³-hybridized carbons (Fsp3) is 0.176. The zero-order valence-corrected chi connectivity index (χ0v) is 12.5. The number of ketones is 1. The van der Waals surface area contributed by atoms with E-state index in [1.54, 1.807) is 18.2 Å². The summed E-state index contributed by atoms with van der Waals surface area (Å²) in [6.07, 6.45) is 1.53. The predicted octanol–water partition coefficient (Wildman–Crippen LogP) is 1.86. The molecule has 1 aliphatic heterocycles. The van der Waals surface area contributed by atoms with Crippen molar-refractivity contribution >= 4 is 22.5 Å². The van der Waals surface area contributed by atoms with Gasteiger partial charge in [-0.2, -0.15) is 0 Å². The summed E-state index contributed by atoms with van der Waals surface area (Å²) >= 11 is 0. The number of aliphatic hydroxyl groups excluding tert-OH is 1. The van der Waals surface area contributed by atoms with E-state index in [2.05, 4.69) is 10.3 Å². The number of fused-ring (bicyclic) bond motifs is 3. The van der Waals surface area contributed by atoms with E-state index in [1.807, 2.05) is 12.1 Å². The largest absolute Gasteiger partial charge is 0.488 e. The number of aliphatic hydroxyl groups is 1. The van der Waals surface area contributed by atoms with E-state index in [0.717, 1.165) is 16.3 Å². The van der Waals surface area contributed by atoms with Crippen molar-refractivity contribution in [2.45, 2.75) is 13.5 Å². The van der Waals surface area contributed by atoms with Gasteiger partial charge in [-0.15, -0.1) is 0 Å². The number of hydrogen-bond donors (Lipinski definition) is 2. The quantitative estimate of drug-likeness (QED) is 0.841. The number of Topliss-reactive ketones (excluding diaryl/α,β-unsaturated/α-hetero) is 1. The lowest BCUT2D eigenvalue weighted by Crippen LogP contribution is -2.23. The van der Waals surface area contributed by atoms with Gasteiger partial charge in [0.2, 0.25) is 5.78 Å². The molecule has 0 unspecified atom stereocenters. The van der Waals surface area contributed by atoms with Crippen LogP contribution >= 0.6 is 0 Å². The fourth-order valence-electron chi connectivity index (χ4n) is 2.44.